The van der Waals surface area contributed by atoms with Crippen LogP contribution < -0.4 is 9.47 Å². The Morgan fingerprint density at radius 2 is 1.91 bits per heavy atom. The Kier molecular flexibility index (Phi) is 6.12. The summed E-state index contributed by atoms with van der Waals surface area (Å²) in [5.41, 5.74) is 0.854. The Bertz CT molecular complexity index is 674. The number of ether oxygens (including phenoxy) is 2. The molecule has 0 aromatic heterocycles. The van der Waals surface area contributed by atoms with Crippen LogP contribution in [-0.2, 0) is 4.79 Å². The van der Waals surface area contributed by atoms with Crippen LogP contribution in [0.25, 0.3) is 6.08 Å². The zero-order chi connectivity index (χ0) is 17.0. The largest absolute Gasteiger partial charge is 0.493 e. The standard InChI is InChI=1S/C16H19BrN2O3S/c1-5-18-16-19(6-2)15(20)14(23-16)8-10-7-12(21-3)13(22-4)9-11(10)17/h7-9H,5-6H2,1-4H3/b14-8+,18-16?. The van der Waals surface area contributed by atoms with E-state index in [1.54, 1.807) is 19.1 Å². The summed E-state index contributed by atoms with van der Waals surface area (Å²) in [5, 5.41) is 0.753. The quantitative estimate of drug-likeness (QED) is 0.708. The van der Waals surface area contributed by atoms with Gasteiger partial charge < -0.3 is 9.47 Å². The van der Waals surface area contributed by atoms with Crippen LogP contribution in [0.3, 0.4) is 0 Å². The smallest absolute Gasteiger partial charge is 0.266 e. The lowest BCUT2D eigenvalue weighted by Gasteiger charge is -2.11. The zero-order valence-electron chi connectivity index (χ0n) is 13.6. The van der Waals surface area contributed by atoms with Crippen molar-refractivity contribution in [1.29, 1.82) is 0 Å². The van der Waals surface area contributed by atoms with Gasteiger partial charge in [-0.2, -0.15) is 0 Å². The molecule has 0 aliphatic carbocycles. The molecule has 1 amide bonds. The van der Waals surface area contributed by atoms with Gasteiger partial charge in [0.25, 0.3) is 5.91 Å². The van der Waals surface area contributed by atoms with Crippen molar-refractivity contribution in [3.05, 3.63) is 27.1 Å². The van der Waals surface area contributed by atoms with Gasteiger partial charge in [-0.1, -0.05) is 15.9 Å². The van der Waals surface area contributed by atoms with Gasteiger partial charge in [-0.25, -0.2) is 0 Å². The molecule has 1 aromatic rings. The van der Waals surface area contributed by atoms with E-state index in [2.05, 4.69) is 20.9 Å². The van der Waals surface area contributed by atoms with Gasteiger partial charge in [0.2, 0.25) is 0 Å². The molecular formula is C16H19BrN2O3S. The van der Waals surface area contributed by atoms with Gasteiger partial charge in [0.15, 0.2) is 16.7 Å². The Balaban J connectivity index is 2.42. The summed E-state index contributed by atoms with van der Waals surface area (Å²) in [7, 11) is 3.17. The van der Waals surface area contributed by atoms with Crippen molar-refractivity contribution in [3.8, 4) is 11.5 Å². The number of likely N-dealkylation sites (N-methyl/N-ethyl adjacent to an activating group) is 1. The lowest BCUT2D eigenvalue weighted by molar-refractivity contribution is -0.122. The van der Waals surface area contributed by atoms with Gasteiger partial charge in [-0.3, -0.25) is 14.7 Å². The second kappa shape index (κ2) is 7.88. The molecule has 2 rings (SSSR count). The Morgan fingerprint density at radius 1 is 1.26 bits per heavy atom. The number of amides is 1. The molecule has 1 fully saturated rings. The second-order valence-corrected chi connectivity index (χ2v) is 6.51. The number of methoxy groups -OCH3 is 2. The molecule has 0 atom stereocenters. The fourth-order valence-corrected chi connectivity index (χ4v) is 3.69. The van der Waals surface area contributed by atoms with Crippen molar-refractivity contribution in [2.75, 3.05) is 27.3 Å². The number of hydrogen-bond donors (Lipinski definition) is 0. The molecule has 0 bridgehead atoms. The molecule has 1 aromatic carbocycles. The van der Waals surface area contributed by atoms with E-state index in [9.17, 15) is 4.79 Å². The van der Waals surface area contributed by atoms with Crippen molar-refractivity contribution in [2.45, 2.75) is 13.8 Å². The van der Waals surface area contributed by atoms with E-state index in [1.807, 2.05) is 32.1 Å². The van der Waals surface area contributed by atoms with Crippen LogP contribution in [-0.4, -0.2) is 43.3 Å². The number of carbonyl (C=O) groups is 1. The van der Waals surface area contributed by atoms with Gasteiger partial charge in [-0.15, -0.1) is 0 Å². The number of carbonyl (C=O) groups excluding carboxylic acids is 1. The number of hydrogen-bond acceptors (Lipinski definition) is 5. The summed E-state index contributed by atoms with van der Waals surface area (Å²) in [4.78, 5) is 19.2. The van der Waals surface area contributed by atoms with Gasteiger partial charge in [0.1, 0.15) is 0 Å². The van der Waals surface area contributed by atoms with Crippen LogP contribution in [0.5, 0.6) is 11.5 Å². The first-order chi connectivity index (χ1) is 11.0. The minimum absolute atomic E-state index is 0.0219. The van der Waals surface area contributed by atoms with Crippen molar-refractivity contribution in [1.82, 2.24) is 4.90 Å². The molecular weight excluding hydrogens is 380 g/mol. The predicted molar refractivity (Wildman–Crippen MR) is 98.2 cm³/mol. The minimum atomic E-state index is -0.0219. The molecule has 124 valence electrons. The second-order valence-electron chi connectivity index (χ2n) is 4.65. The summed E-state index contributed by atoms with van der Waals surface area (Å²) in [5.74, 6) is 1.23. The van der Waals surface area contributed by atoms with Crippen LogP contribution >= 0.6 is 27.7 Å². The van der Waals surface area contributed by atoms with Crippen LogP contribution in [0, 0.1) is 0 Å². The summed E-state index contributed by atoms with van der Waals surface area (Å²) >= 11 is 4.91. The third kappa shape index (κ3) is 3.72. The fourth-order valence-electron chi connectivity index (χ4n) is 2.16. The molecule has 0 spiro atoms. The SMILES string of the molecule is CCN=C1S/C(=C/c2cc(OC)c(OC)cc2Br)C(=O)N1CC. The minimum Gasteiger partial charge on any atom is -0.493 e. The lowest BCUT2D eigenvalue weighted by atomic mass is 10.2. The summed E-state index contributed by atoms with van der Waals surface area (Å²) in [6.45, 7) is 5.16. The number of thioether (sulfide) groups is 1. The monoisotopic (exact) mass is 398 g/mol. The third-order valence-corrected chi connectivity index (χ3v) is 5.02. The fraction of sp³-hybridized carbons (Fsp3) is 0.375. The van der Waals surface area contributed by atoms with Crippen LogP contribution in [0.1, 0.15) is 19.4 Å². The number of benzene rings is 1. The predicted octanol–water partition coefficient (Wildman–Crippen LogP) is 3.78. The molecule has 5 nitrogen and oxygen atoms in total. The highest BCUT2D eigenvalue weighted by Gasteiger charge is 2.32. The number of nitrogens with zero attached hydrogens (tertiary/aromatic N) is 2. The molecule has 7 heteroatoms. The molecule has 0 unspecified atom stereocenters. The number of rotatable bonds is 5. The van der Waals surface area contributed by atoms with E-state index in [0.29, 0.717) is 29.5 Å². The van der Waals surface area contributed by atoms with E-state index in [1.165, 1.54) is 11.8 Å². The molecule has 1 aliphatic rings. The molecule has 1 heterocycles. The highest BCUT2D eigenvalue weighted by Crippen LogP contribution is 2.37. The molecule has 23 heavy (non-hydrogen) atoms. The average Bonchev–Trinajstić information content (AvgIpc) is 2.84. The highest BCUT2D eigenvalue weighted by atomic mass is 79.9. The zero-order valence-corrected chi connectivity index (χ0v) is 16.0. The first kappa shape index (κ1) is 17.9. The maximum atomic E-state index is 12.5. The first-order valence-electron chi connectivity index (χ1n) is 7.23. The van der Waals surface area contributed by atoms with Crippen molar-refractivity contribution in [3.63, 3.8) is 0 Å². The van der Waals surface area contributed by atoms with Crippen LogP contribution in [0.4, 0.5) is 0 Å². The Hall–Kier alpha value is -1.47. The maximum Gasteiger partial charge on any atom is 0.266 e. The van der Waals surface area contributed by atoms with Gasteiger partial charge in [0.05, 0.1) is 19.1 Å². The van der Waals surface area contributed by atoms with E-state index in [4.69, 9.17) is 9.47 Å². The van der Waals surface area contributed by atoms with Gasteiger partial charge >= 0.3 is 0 Å². The van der Waals surface area contributed by atoms with Crippen molar-refractivity contribution in [2.24, 2.45) is 4.99 Å². The maximum absolute atomic E-state index is 12.5. The number of amidine groups is 1. The van der Waals surface area contributed by atoms with Crippen molar-refractivity contribution >= 4 is 44.8 Å². The van der Waals surface area contributed by atoms with E-state index >= 15 is 0 Å². The van der Waals surface area contributed by atoms with Crippen LogP contribution in [0.15, 0.2) is 26.5 Å². The Morgan fingerprint density at radius 3 is 2.48 bits per heavy atom. The normalized spacial score (nSPS) is 18.1. The van der Waals surface area contributed by atoms with Crippen molar-refractivity contribution < 1.29 is 14.3 Å². The van der Waals surface area contributed by atoms with E-state index < -0.39 is 0 Å². The van der Waals surface area contributed by atoms with Gasteiger partial charge in [0, 0.05) is 17.6 Å². The summed E-state index contributed by atoms with van der Waals surface area (Å²) < 4.78 is 11.4. The number of halogens is 1. The molecule has 0 radical (unpaired) electrons. The number of aliphatic imine (C=N–C) groups is 1. The molecule has 0 N–H and O–H groups in total. The van der Waals surface area contributed by atoms with E-state index in [-0.39, 0.29) is 5.91 Å². The third-order valence-electron chi connectivity index (χ3n) is 3.29. The molecule has 0 saturated carbocycles. The summed E-state index contributed by atoms with van der Waals surface area (Å²) in [6.07, 6.45) is 1.85. The van der Waals surface area contributed by atoms with Crippen LogP contribution in [0.2, 0.25) is 0 Å². The van der Waals surface area contributed by atoms with E-state index in [0.717, 1.165) is 15.2 Å². The highest BCUT2D eigenvalue weighted by molar-refractivity contribution is 9.10. The Labute approximate surface area is 148 Å². The lowest BCUT2D eigenvalue weighted by Crippen LogP contribution is -2.28. The molecule has 1 saturated heterocycles. The topological polar surface area (TPSA) is 51.1 Å². The summed E-state index contributed by atoms with van der Waals surface area (Å²) in [6, 6.07) is 3.67. The van der Waals surface area contributed by atoms with Gasteiger partial charge in [-0.05, 0) is 49.4 Å². The average molecular weight is 399 g/mol. The molecule has 1 aliphatic heterocycles. The first-order valence-corrected chi connectivity index (χ1v) is 8.84.